The second kappa shape index (κ2) is 13.5. The van der Waals surface area contributed by atoms with E-state index in [9.17, 15) is 28.8 Å². The van der Waals surface area contributed by atoms with Crippen molar-refractivity contribution in [1.82, 2.24) is 25.3 Å². The van der Waals surface area contributed by atoms with Gasteiger partial charge in [0.05, 0.1) is 24.4 Å². The maximum absolute atomic E-state index is 12.3. The summed E-state index contributed by atoms with van der Waals surface area (Å²) in [6.07, 6.45) is 0.840. The monoisotopic (exact) mass is 599 g/mol. The lowest BCUT2D eigenvalue weighted by atomic mass is 9.94. The van der Waals surface area contributed by atoms with Crippen molar-refractivity contribution in [2.75, 3.05) is 18.2 Å². The van der Waals surface area contributed by atoms with Crippen LogP contribution in [0.15, 0.2) is 35.3 Å². The van der Waals surface area contributed by atoms with Gasteiger partial charge in [0.1, 0.15) is 6.04 Å². The number of cyclic esters (lactones) is 2. The van der Waals surface area contributed by atoms with E-state index in [1.807, 2.05) is 0 Å². The molecule has 1 aromatic carbocycles. The summed E-state index contributed by atoms with van der Waals surface area (Å²) in [6, 6.07) is 4.86. The molecule has 1 aliphatic rings. The van der Waals surface area contributed by atoms with Gasteiger partial charge in [-0.2, -0.15) is 4.98 Å². The van der Waals surface area contributed by atoms with Crippen LogP contribution >= 0.6 is 0 Å². The van der Waals surface area contributed by atoms with Crippen molar-refractivity contribution >= 4 is 52.6 Å². The van der Waals surface area contributed by atoms with Crippen molar-refractivity contribution in [3.63, 3.8) is 0 Å². The van der Waals surface area contributed by atoms with Crippen LogP contribution in [0.25, 0.3) is 11.2 Å². The van der Waals surface area contributed by atoms with E-state index in [1.54, 1.807) is 26.0 Å². The molecule has 2 aromatic heterocycles. The molecule has 3 aromatic rings. The molecular formula is C26H29N7O10. The third-order valence-corrected chi connectivity index (χ3v) is 6.56. The molecule has 1 fully saturated rings. The molecule has 1 amide bonds. The van der Waals surface area contributed by atoms with E-state index in [2.05, 4.69) is 35.3 Å². The number of aromatic nitrogens is 4. The van der Waals surface area contributed by atoms with Crippen LogP contribution in [0.1, 0.15) is 42.7 Å². The number of esters is 2. The van der Waals surface area contributed by atoms with E-state index in [4.69, 9.17) is 20.7 Å². The number of nitrogens with two attached hydrogens (primary N) is 1. The summed E-state index contributed by atoms with van der Waals surface area (Å²) < 4.78 is 9.28. The highest BCUT2D eigenvalue weighted by atomic mass is 16.6. The molecule has 1 aliphatic heterocycles. The highest BCUT2D eigenvalue weighted by Crippen LogP contribution is 2.30. The molecule has 4 rings (SSSR count). The van der Waals surface area contributed by atoms with E-state index >= 15 is 0 Å². The van der Waals surface area contributed by atoms with E-state index in [0.29, 0.717) is 11.4 Å². The van der Waals surface area contributed by atoms with Gasteiger partial charge in [-0.25, -0.2) is 19.6 Å². The summed E-state index contributed by atoms with van der Waals surface area (Å²) in [7, 11) is 1.39. The van der Waals surface area contributed by atoms with Gasteiger partial charge in [-0.1, -0.05) is 0 Å². The van der Waals surface area contributed by atoms with E-state index in [0.717, 1.165) is 0 Å². The number of methoxy groups -OCH3 is 1. The molecule has 0 aliphatic carbocycles. The zero-order valence-corrected chi connectivity index (χ0v) is 23.2. The minimum absolute atomic E-state index is 0.0524. The van der Waals surface area contributed by atoms with Crippen LogP contribution in [-0.2, 0) is 35.2 Å². The Balaban J connectivity index is 0.000000386. The number of carbonyl (C=O) groups is 5. The molecule has 0 saturated carbocycles. The molecule has 17 nitrogen and oxygen atoms in total. The number of carboxylic acid groups (broad SMARTS) is 2. The number of carbonyl (C=O) groups excluding carboxylic acids is 3. The number of hydrogen-bond donors (Lipinski definition) is 6. The van der Waals surface area contributed by atoms with Gasteiger partial charge in [0.2, 0.25) is 5.95 Å². The van der Waals surface area contributed by atoms with Crippen LogP contribution in [-0.4, -0.2) is 78.7 Å². The Hall–Kier alpha value is -5.45. The number of anilines is 2. The van der Waals surface area contributed by atoms with Gasteiger partial charge in [-0.15, -0.1) is 0 Å². The van der Waals surface area contributed by atoms with Gasteiger partial charge in [0, 0.05) is 24.8 Å². The Labute approximate surface area is 242 Å². The van der Waals surface area contributed by atoms with Crippen LogP contribution < -0.4 is 21.9 Å². The fraction of sp³-hybridized carbons (Fsp3) is 0.346. The first-order chi connectivity index (χ1) is 20.2. The third-order valence-electron chi connectivity index (χ3n) is 6.56. The van der Waals surface area contributed by atoms with Crippen molar-refractivity contribution in [1.29, 1.82) is 0 Å². The van der Waals surface area contributed by atoms with Crippen molar-refractivity contribution in [3.8, 4) is 0 Å². The quantitative estimate of drug-likeness (QED) is 0.133. The Morgan fingerprint density at radius 2 is 1.84 bits per heavy atom. The number of ether oxygens (including phenoxy) is 2. The Bertz CT molecular complexity index is 1610. The first kappa shape index (κ1) is 32.1. The van der Waals surface area contributed by atoms with Gasteiger partial charge < -0.3 is 36.1 Å². The maximum Gasteiger partial charge on any atom is 0.346 e. The highest BCUT2D eigenvalue weighted by Gasteiger charge is 2.52. The summed E-state index contributed by atoms with van der Waals surface area (Å²) in [5, 5.41) is 23.2. The number of fused-ring (bicyclic) bond motifs is 1. The Kier molecular flexibility index (Phi) is 10.0. The molecule has 3 unspecified atom stereocenters. The predicted octanol–water partition coefficient (Wildman–Crippen LogP) is 0.0662. The van der Waals surface area contributed by atoms with Crippen molar-refractivity contribution in [2.24, 2.45) is 5.92 Å². The number of hydrogen-bond acceptors (Lipinski definition) is 13. The van der Waals surface area contributed by atoms with Gasteiger partial charge in [0.15, 0.2) is 16.8 Å². The molecule has 3 heterocycles. The smallest absolute Gasteiger partial charge is 0.346 e. The lowest BCUT2D eigenvalue weighted by Gasteiger charge is -2.19. The molecule has 0 radical (unpaired) electrons. The summed E-state index contributed by atoms with van der Waals surface area (Å²) in [5.74, 6) is -4.78. The van der Waals surface area contributed by atoms with Crippen LogP contribution in [0.3, 0.4) is 0 Å². The number of nitrogens with one attached hydrogen (secondary N) is 3. The number of nitrogen functional groups attached to an aromatic ring is 1. The van der Waals surface area contributed by atoms with Gasteiger partial charge >= 0.3 is 23.9 Å². The second-order valence-corrected chi connectivity index (χ2v) is 9.45. The van der Waals surface area contributed by atoms with E-state index in [-0.39, 0.29) is 42.1 Å². The van der Waals surface area contributed by atoms with Crippen LogP contribution in [0.5, 0.6) is 0 Å². The topological polar surface area (TPSA) is 266 Å². The zero-order chi connectivity index (χ0) is 31.9. The molecule has 17 heteroatoms. The number of nitrogens with zero attached hydrogens (tertiary/aromatic N) is 3. The summed E-state index contributed by atoms with van der Waals surface area (Å²) in [5.41, 5.74) is 5.39. The Morgan fingerprint density at radius 1 is 1.16 bits per heavy atom. The molecule has 3 atom stereocenters. The molecule has 0 spiro atoms. The first-order valence-electron chi connectivity index (χ1n) is 12.7. The molecular weight excluding hydrogens is 570 g/mol. The minimum atomic E-state index is -1.31. The number of benzene rings is 1. The van der Waals surface area contributed by atoms with Gasteiger partial charge in [0.25, 0.3) is 11.5 Å². The average molecular weight is 600 g/mol. The van der Waals surface area contributed by atoms with Crippen LogP contribution in [0.4, 0.5) is 11.6 Å². The lowest BCUT2D eigenvalue weighted by Crippen LogP contribution is -2.41. The summed E-state index contributed by atoms with van der Waals surface area (Å²) in [6.45, 7) is 3.39. The maximum atomic E-state index is 12.3. The fourth-order valence-electron chi connectivity index (χ4n) is 3.70. The van der Waals surface area contributed by atoms with Crippen LogP contribution in [0.2, 0.25) is 0 Å². The standard InChI is InChI=1S/C19H19N7O6.C7H10O4/c20-19-25-15-14(17(30)26-19)23-11(8-22-15)7-21-10-3-1-9(2-4-10)16(29)24-12(18(31)32)5-6-13(27)28;1-4-5(8)11-6(9)7(4,2)10-3/h1-4,8,12,21H,5-7H2,(H,24,29)(H,27,28)(H,31,32)(H3,20,22,25,26,30);4H,1-3H3. The number of carboxylic acids is 2. The third kappa shape index (κ3) is 7.85. The molecule has 1 saturated heterocycles. The zero-order valence-electron chi connectivity index (χ0n) is 23.2. The van der Waals surface area contributed by atoms with Crippen LogP contribution in [0, 0.1) is 5.92 Å². The normalized spacial score (nSPS) is 18.3. The first-order valence-corrected chi connectivity index (χ1v) is 12.7. The van der Waals surface area contributed by atoms with Gasteiger partial charge in [-0.3, -0.25) is 24.2 Å². The van der Waals surface area contributed by atoms with Crippen molar-refractivity contribution < 1.29 is 43.7 Å². The van der Waals surface area contributed by atoms with E-state index < -0.39 is 52.9 Å². The lowest BCUT2D eigenvalue weighted by molar-refractivity contribution is -0.159. The number of H-pyrrole nitrogens is 1. The highest BCUT2D eigenvalue weighted by molar-refractivity contribution is 6.00. The molecule has 228 valence electrons. The number of aromatic amines is 1. The SMILES string of the molecule is COC1(C)C(=O)OC(=O)C1C.Nc1nc2ncc(CNc3ccc(C(=O)NC(CCC(=O)O)C(=O)O)cc3)nc2c(=O)[nH]1. The largest absolute Gasteiger partial charge is 0.481 e. The Morgan fingerprint density at radius 3 is 2.37 bits per heavy atom. The van der Waals surface area contributed by atoms with E-state index in [1.165, 1.54) is 25.4 Å². The predicted molar refractivity (Wildman–Crippen MR) is 148 cm³/mol. The van der Waals surface area contributed by atoms with Crippen molar-refractivity contribution in [2.45, 2.75) is 44.9 Å². The number of rotatable bonds is 10. The van der Waals surface area contributed by atoms with Gasteiger partial charge in [-0.05, 0) is 44.5 Å². The number of amides is 1. The van der Waals surface area contributed by atoms with Crippen molar-refractivity contribution in [3.05, 3.63) is 52.1 Å². The molecule has 0 bridgehead atoms. The minimum Gasteiger partial charge on any atom is -0.481 e. The summed E-state index contributed by atoms with van der Waals surface area (Å²) >= 11 is 0. The molecule has 7 N–H and O–H groups in total. The summed E-state index contributed by atoms with van der Waals surface area (Å²) in [4.78, 5) is 82.4. The second-order valence-electron chi connectivity index (χ2n) is 9.45. The number of aliphatic carboxylic acids is 2. The fourth-order valence-corrected chi connectivity index (χ4v) is 3.70. The average Bonchev–Trinajstić information content (AvgIpc) is 3.16. The molecule has 43 heavy (non-hydrogen) atoms.